The molecule has 3 amide bonds. The van der Waals surface area contributed by atoms with Gasteiger partial charge in [-0.05, 0) is 11.4 Å². The topological polar surface area (TPSA) is 96.0 Å². The summed E-state index contributed by atoms with van der Waals surface area (Å²) in [5.74, 6) is -1.35. The molecular weight excluding hydrogens is 334 g/mol. The molecule has 1 aromatic rings. The maximum absolute atomic E-state index is 12.0. The van der Waals surface area contributed by atoms with Crippen LogP contribution in [-0.4, -0.2) is 72.8 Å². The molecule has 8 nitrogen and oxygen atoms in total. The summed E-state index contributed by atoms with van der Waals surface area (Å²) in [4.78, 5) is 50.2. The molecule has 1 aliphatic rings. The second-order valence-corrected chi connectivity index (χ2v) is 6.16. The molecule has 1 aromatic heterocycles. The van der Waals surface area contributed by atoms with Gasteiger partial charge in [-0.25, -0.2) is 0 Å². The van der Waals surface area contributed by atoms with Gasteiger partial charge in [0.1, 0.15) is 6.54 Å². The van der Waals surface area contributed by atoms with Gasteiger partial charge in [0.25, 0.3) is 11.8 Å². The molecule has 0 unspecified atom stereocenters. The molecule has 1 N–H and O–H groups in total. The summed E-state index contributed by atoms with van der Waals surface area (Å²) in [6.07, 6.45) is 0. The van der Waals surface area contributed by atoms with Gasteiger partial charge in [0.15, 0.2) is 6.61 Å². The van der Waals surface area contributed by atoms with Crippen molar-refractivity contribution in [2.75, 3.05) is 39.3 Å². The van der Waals surface area contributed by atoms with Crippen molar-refractivity contribution in [3.8, 4) is 0 Å². The monoisotopic (exact) mass is 353 g/mol. The number of amides is 3. The molecule has 0 saturated carbocycles. The summed E-state index contributed by atoms with van der Waals surface area (Å²) in [6, 6.07) is 3.39. The van der Waals surface area contributed by atoms with Crippen LogP contribution >= 0.6 is 11.3 Å². The first-order valence-corrected chi connectivity index (χ1v) is 8.36. The van der Waals surface area contributed by atoms with Crippen LogP contribution in [0, 0.1) is 0 Å². The fraction of sp³-hybridized carbons (Fsp3) is 0.467. The highest BCUT2D eigenvalue weighted by atomic mass is 32.1. The van der Waals surface area contributed by atoms with Crippen molar-refractivity contribution in [1.29, 1.82) is 0 Å². The Morgan fingerprint density at radius 2 is 1.83 bits per heavy atom. The van der Waals surface area contributed by atoms with Crippen molar-refractivity contribution >= 4 is 35.0 Å². The van der Waals surface area contributed by atoms with E-state index >= 15 is 0 Å². The van der Waals surface area contributed by atoms with Crippen molar-refractivity contribution < 1.29 is 23.9 Å². The molecule has 1 fully saturated rings. The van der Waals surface area contributed by atoms with E-state index in [1.54, 1.807) is 27.3 Å². The number of thiophene rings is 1. The van der Waals surface area contributed by atoms with E-state index in [4.69, 9.17) is 4.74 Å². The summed E-state index contributed by atoms with van der Waals surface area (Å²) in [7, 11) is 0. The quantitative estimate of drug-likeness (QED) is 0.734. The van der Waals surface area contributed by atoms with Gasteiger partial charge in [-0.15, -0.1) is 11.3 Å². The van der Waals surface area contributed by atoms with Gasteiger partial charge in [-0.1, -0.05) is 6.07 Å². The van der Waals surface area contributed by atoms with Gasteiger partial charge < -0.3 is 19.9 Å². The lowest BCUT2D eigenvalue weighted by Gasteiger charge is -2.34. The fourth-order valence-corrected chi connectivity index (χ4v) is 2.84. The van der Waals surface area contributed by atoms with Crippen LogP contribution in [0.5, 0.6) is 0 Å². The standard InChI is InChI=1S/C15H19N3O5S/c1-11(19)17-4-6-18(7-5-17)13(20)10-23-14(21)9-16-15(22)12-3-2-8-24-12/h2-3,8H,4-7,9-10H2,1H3,(H,16,22). The Balaban J connectivity index is 1.65. The first-order chi connectivity index (χ1) is 11.5. The van der Waals surface area contributed by atoms with Crippen LogP contribution in [0.3, 0.4) is 0 Å². The number of esters is 1. The lowest BCUT2D eigenvalue weighted by atomic mass is 10.3. The summed E-state index contributed by atoms with van der Waals surface area (Å²) >= 11 is 1.27. The van der Waals surface area contributed by atoms with Crippen LogP contribution in [0.2, 0.25) is 0 Å². The third-order valence-corrected chi connectivity index (χ3v) is 4.44. The minimum Gasteiger partial charge on any atom is -0.454 e. The minimum absolute atomic E-state index is 0.0185. The maximum atomic E-state index is 12.0. The van der Waals surface area contributed by atoms with E-state index in [-0.39, 0.29) is 30.9 Å². The molecule has 0 bridgehead atoms. The Hall–Kier alpha value is -2.42. The molecule has 2 heterocycles. The average Bonchev–Trinajstić information content (AvgIpc) is 3.12. The predicted molar refractivity (Wildman–Crippen MR) is 86.4 cm³/mol. The third kappa shape index (κ3) is 5.05. The number of rotatable bonds is 5. The predicted octanol–water partition coefficient (Wildman–Crippen LogP) is -0.288. The molecule has 130 valence electrons. The van der Waals surface area contributed by atoms with Crippen LogP contribution in [-0.2, 0) is 19.1 Å². The molecule has 0 spiro atoms. The summed E-state index contributed by atoms with van der Waals surface area (Å²) in [5, 5.41) is 4.20. The van der Waals surface area contributed by atoms with Crippen LogP contribution in [0.25, 0.3) is 0 Å². The van der Waals surface area contributed by atoms with Gasteiger partial charge in [0.05, 0.1) is 4.88 Å². The highest BCUT2D eigenvalue weighted by Crippen LogP contribution is 2.07. The number of piperazine rings is 1. The number of ether oxygens (including phenoxy) is 1. The number of nitrogens with zero attached hydrogens (tertiary/aromatic N) is 2. The molecule has 24 heavy (non-hydrogen) atoms. The summed E-state index contributed by atoms with van der Waals surface area (Å²) in [5.41, 5.74) is 0. The van der Waals surface area contributed by atoms with E-state index in [0.717, 1.165) is 0 Å². The van der Waals surface area contributed by atoms with E-state index in [1.807, 2.05) is 0 Å². The van der Waals surface area contributed by atoms with E-state index in [9.17, 15) is 19.2 Å². The fourth-order valence-electron chi connectivity index (χ4n) is 2.20. The lowest BCUT2D eigenvalue weighted by Crippen LogP contribution is -2.51. The van der Waals surface area contributed by atoms with E-state index in [1.165, 1.54) is 18.3 Å². The molecule has 9 heteroatoms. The Bertz CT molecular complexity index is 609. The number of nitrogens with one attached hydrogen (secondary N) is 1. The Kier molecular flexibility index (Phi) is 6.30. The van der Waals surface area contributed by atoms with Crippen molar-refractivity contribution in [2.24, 2.45) is 0 Å². The second kappa shape index (κ2) is 8.44. The van der Waals surface area contributed by atoms with E-state index in [0.29, 0.717) is 31.1 Å². The van der Waals surface area contributed by atoms with Crippen molar-refractivity contribution in [3.63, 3.8) is 0 Å². The number of hydrogen-bond acceptors (Lipinski definition) is 6. The zero-order valence-corrected chi connectivity index (χ0v) is 14.1. The zero-order chi connectivity index (χ0) is 17.5. The Morgan fingerprint density at radius 3 is 2.42 bits per heavy atom. The van der Waals surface area contributed by atoms with Gasteiger partial charge in [0, 0.05) is 33.1 Å². The van der Waals surface area contributed by atoms with Gasteiger partial charge >= 0.3 is 5.97 Å². The van der Waals surface area contributed by atoms with Crippen LogP contribution in [0.1, 0.15) is 16.6 Å². The van der Waals surface area contributed by atoms with Gasteiger partial charge in [0.2, 0.25) is 5.91 Å². The molecule has 2 rings (SSSR count). The summed E-state index contributed by atoms with van der Waals surface area (Å²) < 4.78 is 4.88. The normalized spacial score (nSPS) is 14.2. The van der Waals surface area contributed by atoms with Gasteiger partial charge in [-0.2, -0.15) is 0 Å². The molecular formula is C15H19N3O5S. The molecule has 0 atom stereocenters. The average molecular weight is 353 g/mol. The Morgan fingerprint density at radius 1 is 1.17 bits per heavy atom. The van der Waals surface area contributed by atoms with Gasteiger partial charge in [-0.3, -0.25) is 19.2 Å². The molecule has 0 aliphatic carbocycles. The first kappa shape index (κ1) is 17.9. The SMILES string of the molecule is CC(=O)N1CCN(C(=O)COC(=O)CNC(=O)c2cccs2)CC1. The van der Waals surface area contributed by atoms with Crippen molar-refractivity contribution in [2.45, 2.75) is 6.92 Å². The van der Waals surface area contributed by atoms with Crippen LogP contribution in [0.15, 0.2) is 17.5 Å². The number of carbonyl (C=O) groups excluding carboxylic acids is 4. The van der Waals surface area contributed by atoms with Crippen molar-refractivity contribution in [1.82, 2.24) is 15.1 Å². The largest absolute Gasteiger partial charge is 0.454 e. The molecule has 1 saturated heterocycles. The first-order valence-electron chi connectivity index (χ1n) is 7.48. The third-order valence-electron chi connectivity index (χ3n) is 3.57. The van der Waals surface area contributed by atoms with E-state index < -0.39 is 5.97 Å². The van der Waals surface area contributed by atoms with Crippen molar-refractivity contribution in [3.05, 3.63) is 22.4 Å². The minimum atomic E-state index is -0.671. The van der Waals surface area contributed by atoms with Crippen LogP contribution < -0.4 is 5.32 Å². The number of carbonyl (C=O) groups is 4. The molecule has 0 aromatic carbocycles. The van der Waals surface area contributed by atoms with E-state index in [2.05, 4.69) is 5.32 Å². The lowest BCUT2D eigenvalue weighted by molar-refractivity contribution is -0.152. The highest BCUT2D eigenvalue weighted by molar-refractivity contribution is 7.12. The zero-order valence-electron chi connectivity index (χ0n) is 13.3. The highest BCUT2D eigenvalue weighted by Gasteiger charge is 2.23. The molecule has 0 radical (unpaired) electrons. The number of hydrogen-bond donors (Lipinski definition) is 1. The second-order valence-electron chi connectivity index (χ2n) is 5.21. The summed E-state index contributed by atoms with van der Waals surface area (Å²) in [6.45, 7) is 2.63. The Labute approximate surface area is 143 Å². The maximum Gasteiger partial charge on any atom is 0.325 e. The molecule has 1 aliphatic heterocycles. The van der Waals surface area contributed by atoms with Crippen LogP contribution in [0.4, 0.5) is 0 Å². The smallest absolute Gasteiger partial charge is 0.325 e.